The number of nitrogens with one attached hydrogen (secondary N) is 1. The van der Waals surface area contributed by atoms with E-state index in [1.165, 1.54) is 23.8 Å². The van der Waals surface area contributed by atoms with Crippen LogP contribution in [0.2, 0.25) is 0 Å². The minimum atomic E-state index is -1.73. The third-order valence-corrected chi connectivity index (χ3v) is 11.2. The van der Waals surface area contributed by atoms with E-state index in [0.29, 0.717) is 24.2 Å². The summed E-state index contributed by atoms with van der Waals surface area (Å²) in [6, 6.07) is 3.24. The number of rotatable bonds is 8. The van der Waals surface area contributed by atoms with Crippen LogP contribution in [0.4, 0.5) is 5.69 Å². The van der Waals surface area contributed by atoms with E-state index in [1.807, 2.05) is 6.92 Å². The number of amides is 1. The van der Waals surface area contributed by atoms with Crippen molar-refractivity contribution in [2.75, 3.05) is 6.61 Å². The average Bonchev–Trinajstić information content (AvgIpc) is 3.19. The third kappa shape index (κ3) is 5.21. The van der Waals surface area contributed by atoms with Gasteiger partial charge in [0.1, 0.15) is 6.10 Å². The number of aliphatic hydroxyl groups excluding tert-OH is 1. The summed E-state index contributed by atoms with van der Waals surface area (Å²) in [5, 5.41) is 48.7. The van der Waals surface area contributed by atoms with Crippen LogP contribution in [-0.4, -0.2) is 56.1 Å². The molecule has 0 radical (unpaired) electrons. The number of fused-ring (bicyclic) bond motifs is 5. The largest absolute Gasteiger partial charge is 0.480 e. The molecule has 8 atom stereocenters. The number of carboxylic acids is 1. The molecule has 0 aliphatic heterocycles. The van der Waals surface area contributed by atoms with Crippen LogP contribution in [0.5, 0.6) is 0 Å². The molecule has 4 aliphatic rings. The molecule has 0 aromatic heterocycles. The molecule has 11 nitrogen and oxygen atoms in total. The maximum atomic E-state index is 12.5. The van der Waals surface area contributed by atoms with Gasteiger partial charge in [0.2, 0.25) is 0 Å². The maximum absolute atomic E-state index is 12.5. The number of nitrogens with zero attached hydrogens (tertiary/aromatic N) is 2. The molecule has 5 rings (SSSR count). The second kappa shape index (κ2) is 11.1. The Kier molecular flexibility index (Phi) is 7.95. The Balaban J connectivity index is 1.20. The molecule has 1 amide bonds. The van der Waals surface area contributed by atoms with Crippen LogP contribution < -0.4 is 5.32 Å². The summed E-state index contributed by atoms with van der Waals surface area (Å²) in [6.45, 7) is 6.14. The lowest BCUT2D eigenvalue weighted by Gasteiger charge is -2.59. The van der Waals surface area contributed by atoms with Crippen molar-refractivity contribution in [3.8, 4) is 0 Å². The van der Waals surface area contributed by atoms with Gasteiger partial charge in [-0.2, -0.15) is 0 Å². The first-order valence-electron chi connectivity index (χ1n) is 14.8. The smallest absolute Gasteiger partial charge is 0.329 e. The lowest BCUT2D eigenvalue weighted by molar-refractivity contribution is -0.385. The summed E-state index contributed by atoms with van der Waals surface area (Å²) in [5.74, 6) is -0.555. The number of hydrogen-bond acceptors (Lipinski definition) is 8. The van der Waals surface area contributed by atoms with Crippen LogP contribution in [-0.2, 0) is 14.4 Å². The Morgan fingerprint density at radius 2 is 1.88 bits per heavy atom. The molecule has 0 saturated heterocycles. The topological polar surface area (TPSA) is 172 Å². The molecule has 4 aliphatic carbocycles. The van der Waals surface area contributed by atoms with Crippen molar-refractivity contribution in [1.29, 1.82) is 0 Å². The SMILES string of the molecule is C[C@]12CC/C(=N/OCC(=O)N[C@@H](C(=O)O)[C@@H](O)c3cccc([N+](=O)[O-])c3)C=C1CC[C@@H]1[C@@H]2CC[C@@]2(C)[C@H]1CC[C@]2(C)O. The Morgan fingerprint density at radius 1 is 1.14 bits per heavy atom. The minimum Gasteiger partial charge on any atom is -0.480 e. The molecule has 1 aromatic carbocycles. The maximum Gasteiger partial charge on any atom is 0.329 e. The summed E-state index contributed by atoms with van der Waals surface area (Å²) in [7, 11) is 0. The van der Waals surface area contributed by atoms with E-state index in [-0.39, 0.29) is 22.1 Å². The van der Waals surface area contributed by atoms with Crippen LogP contribution in [0.3, 0.4) is 0 Å². The Labute approximate surface area is 245 Å². The molecule has 4 N–H and O–H groups in total. The summed E-state index contributed by atoms with van der Waals surface area (Å²) in [6.07, 6.45) is 8.22. The van der Waals surface area contributed by atoms with E-state index in [0.717, 1.165) is 56.7 Å². The van der Waals surface area contributed by atoms with Gasteiger partial charge in [-0.05, 0) is 98.5 Å². The van der Waals surface area contributed by atoms with Crippen molar-refractivity contribution in [2.45, 2.75) is 89.9 Å². The molecule has 0 bridgehead atoms. The predicted octanol–water partition coefficient (Wildman–Crippen LogP) is 4.28. The van der Waals surface area contributed by atoms with Gasteiger partial charge < -0.3 is 25.5 Å². The fourth-order valence-corrected chi connectivity index (χ4v) is 8.57. The molecule has 11 heteroatoms. The molecule has 228 valence electrons. The summed E-state index contributed by atoms with van der Waals surface area (Å²) in [4.78, 5) is 39.9. The first-order valence-corrected chi connectivity index (χ1v) is 14.8. The third-order valence-electron chi connectivity index (χ3n) is 11.2. The van der Waals surface area contributed by atoms with Crippen molar-refractivity contribution < 1.29 is 34.7 Å². The summed E-state index contributed by atoms with van der Waals surface area (Å²) >= 11 is 0. The van der Waals surface area contributed by atoms with Crippen molar-refractivity contribution in [2.24, 2.45) is 33.7 Å². The monoisotopic (exact) mass is 583 g/mol. The second-order valence-corrected chi connectivity index (χ2v) is 13.3. The van der Waals surface area contributed by atoms with Crippen molar-refractivity contribution in [1.82, 2.24) is 5.32 Å². The molecular weight excluding hydrogens is 542 g/mol. The lowest BCUT2D eigenvalue weighted by atomic mass is 9.46. The van der Waals surface area contributed by atoms with Crippen molar-refractivity contribution in [3.05, 3.63) is 51.6 Å². The Morgan fingerprint density at radius 3 is 2.60 bits per heavy atom. The van der Waals surface area contributed by atoms with Gasteiger partial charge in [0.25, 0.3) is 11.6 Å². The minimum absolute atomic E-state index is 0.00874. The molecular formula is C31H41N3O8. The quantitative estimate of drug-likeness (QED) is 0.259. The highest BCUT2D eigenvalue weighted by Gasteiger charge is 2.62. The number of non-ortho nitro benzene ring substituents is 1. The lowest BCUT2D eigenvalue weighted by Crippen LogP contribution is -2.53. The number of aliphatic hydroxyl groups is 2. The predicted molar refractivity (Wildman–Crippen MR) is 153 cm³/mol. The molecule has 42 heavy (non-hydrogen) atoms. The van der Waals surface area contributed by atoms with Gasteiger partial charge in [-0.1, -0.05) is 36.7 Å². The number of oxime groups is 1. The van der Waals surface area contributed by atoms with E-state index >= 15 is 0 Å². The number of hydrogen-bond donors (Lipinski definition) is 4. The first kappa shape index (κ1) is 30.2. The van der Waals surface area contributed by atoms with Gasteiger partial charge in [0, 0.05) is 12.1 Å². The molecule has 3 saturated carbocycles. The van der Waals surface area contributed by atoms with Gasteiger partial charge >= 0.3 is 5.97 Å². The molecule has 0 spiro atoms. The second-order valence-electron chi connectivity index (χ2n) is 13.3. The van der Waals surface area contributed by atoms with Gasteiger partial charge in [-0.25, -0.2) is 4.79 Å². The van der Waals surface area contributed by atoms with E-state index < -0.39 is 41.2 Å². The average molecular weight is 584 g/mol. The van der Waals surface area contributed by atoms with Crippen LogP contribution in [0.15, 0.2) is 41.1 Å². The van der Waals surface area contributed by atoms with Gasteiger partial charge in [0.05, 0.1) is 16.2 Å². The number of aliphatic carboxylic acids is 1. The Hall–Kier alpha value is -3.31. The summed E-state index contributed by atoms with van der Waals surface area (Å²) in [5.41, 5.74) is 1.25. The van der Waals surface area contributed by atoms with Crippen LogP contribution in [0.25, 0.3) is 0 Å². The number of carboxylic acid groups (broad SMARTS) is 1. The normalized spacial score (nSPS) is 36.1. The number of carbonyl (C=O) groups is 2. The zero-order valence-electron chi connectivity index (χ0n) is 24.4. The van der Waals surface area contributed by atoms with Crippen molar-refractivity contribution >= 4 is 23.3 Å². The zero-order chi connectivity index (χ0) is 30.4. The fraction of sp³-hybridized carbons (Fsp3) is 0.645. The highest BCUT2D eigenvalue weighted by molar-refractivity contribution is 5.96. The highest BCUT2D eigenvalue weighted by Crippen LogP contribution is 2.67. The number of carbonyl (C=O) groups excluding carboxylic acids is 1. The summed E-state index contributed by atoms with van der Waals surface area (Å²) < 4.78 is 0. The standard InChI is InChI=1S/C31H41N3O8/c1-29-12-9-20(16-19(29)7-8-22-23(29)10-13-30(2)24(22)11-14-31(30,3)39)33-42-17-25(35)32-26(28(37)38)27(36)18-5-4-6-21(15-18)34(40)41/h4-6,15-16,22-24,26-27,36,39H,7-14,17H2,1-3H3,(H,32,35)(H,37,38)/b33-20-/t22-,23+,24+,26-,27+,29+,30+,31+/m1/s1. The molecule has 1 aromatic rings. The van der Waals surface area contributed by atoms with Crippen LogP contribution >= 0.6 is 0 Å². The van der Waals surface area contributed by atoms with Gasteiger partial charge in [0.15, 0.2) is 12.6 Å². The first-order chi connectivity index (χ1) is 19.8. The number of nitro benzene ring substituents is 1. The number of allylic oxidation sites excluding steroid dienone is 2. The van der Waals surface area contributed by atoms with E-state index in [4.69, 9.17) is 4.84 Å². The van der Waals surface area contributed by atoms with E-state index in [2.05, 4.69) is 30.4 Å². The van der Waals surface area contributed by atoms with Gasteiger partial charge in [-0.3, -0.25) is 14.9 Å². The fourth-order valence-electron chi connectivity index (χ4n) is 8.57. The van der Waals surface area contributed by atoms with Gasteiger partial charge in [-0.15, -0.1) is 0 Å². The highest BCUT2D eigenvalue weighted by atomic mass is 16.6. The Bertz CT molecular complexity index is 1320. The molecule has 0 heterocycles. The van der Waals surface area contributed by atoms with Crippen molar-refractivity contribution in [3.63, 3.8) is 0 Å². The molecule has 3 fully saturated rings. The van der Waals surface area contributed by atoms with Crippen LogP contribution in [0.1, 0.15) is 83.8 Å². The van der Waals surface area contributed by atoms with Crippen LogP contribution in [0, 0.1) is 38.7 Å². The number of nitro groups is 1. The number of benzene rings is 1. The van der Waals surface area contributed by atoms with E-state index in [1.54, 1.807) is 0 Å². The molecule has 0 unspecified atom stereocenters. The van der Waals surface area contributed by atoms with E-state index in [9.17, 15) is 35.0 Å². The zero-order valence-corrected chi connectivity index (χ0v) is 24.4.